The molecular formula is C19H15ClF3N. The largest absolute Gasteiger partial charge is 0.412 e. The summed E-state index contributed by atoms with van der Waals surface area (Å²) in [4.78, 5) is 0. The van der Waals surface area contributed by atoms with Crippen LogP contribution < -0.4 is 0 Å². The molecule has 0 aliphatic heterocycles. The highest BCUT2D eigenvalue weighted by Crippen LogP contribution is 2.35. The zero-order valence-corrected chi connectivity index (χ0v) is 14.0. The molecule has 0 aromatic heterocycles. The summed E-state index contributed by atoms with van der Waals surface area (Å²) in [5, 5.41) is 9.63. The van der Waals surface area contributed by atoms with Crippen LogP contribution in [0.1, 0.15) is 30.0 Å². The van der Waals surface area contributed by atoms with Crippen LogP contribution in [-0.2, 0) is 0 Å². The maximum atomic E-state index is 13.0. The van der Waals surface area contributed by atoms with Gasteiger partial charge in [0.2, 0.25) is 0 Å². The average Bonchev–Trinajstić information content (AvgIpc) is 2.53. The van der Waals surface area contributed by atoms with Crippen molar-refractivity contribution >= 4 is 17.7 Å². The molecule has 2 rings (SSSR count). The van der Waals surface area contributed by atoms with Crippen molar-refractivity contribution in [2.45, 2.75) is 26.4 Å². The van der Waals surface area contributed by atoms with Crippen molar-refractivity contribution in [3.63, 3.8) is 0 Å². The van der Waals surface area contributed by atoms with Crippen LogP contribution in [0.3, 0.4) is 0 Å². The van der Waals surface area contributed by atoms with Crippen molar-refractivity contribution in [3.8, 4) is 17.2 Å². The summed E-state index contributed by atoms with van der Waals surface area (Å²) in [6.07, 6.45) is -3.34. The minimum atomic E-state index is -4.37. The van der Waals surface area contributed by atoms with Gasteiger partial charge in [-0.15, -0.1) is 0 Å². The van der Waals surface area contributed by atoms with Crippen molar-refractivity contribution < 1.29 is 13.2 Å². The third kappa shape index (κ3) is 3.80. The number of allylic oxidation sites excluding steroid dienone is 1. The first-order valence-corrected chi connectivity index (χ1v) is 7.73. The molecule has 0 radical (unpaired) electrons. The van der Waals surface area contributed by atoms with E-state index < -0.39 is 11.7 Å². The fourth-order valence-electron chi connectivity index (χ4n) is 2.44. The van der Waals surface area contributed by atoms with Gasteiger partial charge in [-0.2, -0.15) is 18.4 Å². The second kappa shape index (κ2) is 7.11. The highest BCUT2D eigenvalue weighted by Gasteiger charge is 2.32. The van der Waals surface area contributed by atoms with Crippen LogP contribution in [0.25, 0.3) is 17.2 Å². The maximum absolute atomic E-state index is 13.0. The van der Waals surface area contributed by atoms with Gasteiger partial charge in [0.25, 0.3) is 0 Å². The van der Waals surface area contributed by atoms with E-state index in [2.05, 4.69) is 6.07 Å². The average molecular weight is 350 g/mol. The molecule has 1 nitrogen and oxygen atoms in total. The summed E-state index contributed by atoms with van der Waals surface area (Å²) >= 11 is 6.27. The summed E-state index contributed by atoms with van der Waals surface area (Å²) in [5.41, 5.74) is 2.05. The van der Waals surface area contributed by atoms with Gasteiger partial charge in [-0.25, -0.2) is 0 Å². The fourth-order valence-corrected chi connectivity index (χ4v) is 2.76. The van der Waals surface area contributed by atoms with Crippen LogP contribution in [0.15, 0.2) is 42.0 Å². The van der Waals surface area contributed by atoms with Gasteiger partial charge >= 0.3 is 6.18 Å². The molecule has 0 atom stereocenters. The Morgan fingerprint density at radius 3 is 2.46 bits per heavy atom. The van der Waals surface area contributed by atoms with Crippen molar-refractivity contribution in [2.75, 3.05) is 0 Å². The molecule has 0 N–H and O–H groups in total. The normalized spacial score (nSPS) is 12.1. The molecule has 24 heavy (non-hydrogen) atoms. The number of hydrogen-bond donors (Lipinski definition) is 0. The Labute approximate surface area is 144 Å². The lowest BCUT2D eigenvalue weighted by molar-refractivity contribution is -0.0925. The number of benzene rings is 2. The van der Waals surface area contributed by atoms with Crippen molar-refractivity contribution in [1.29, 1.82) is 5.26 Å². The molecule has 0 heterocycles. The van der Waals surface area contributed by atoms with E-state index in [0.717, 1.165) is 6.08 Å². The van der Waals surface area contributed by atoms with Crippen LogP contribution in [0.4, 0.5) is 13.2 Å². The lowest BCUT2D eigenvalue weighted by atomic mass is 9.95. The minimum Gasteiger partial charge on any atom is -0.192 e. The van der Waals surface area contributed by atoms with Gasteiger partial charge in [-0.1, -0.05) is 36.7 Å². The first-order chi connectivity index (χ1) is 11.3. The number of halogens is 4. The summed E-state index contributed by atoms with van der Waals surface area (Å²) in [6, 6.07) is 12.2. The molecule has 124 valence electrons. The predicted octanol–water partition coefficient (Wildman–Crippen LogP) is 6.54. The highest BCUT2D eigenvalue weighted by molar-refractivity contribution is 6.33. The number of nitrogens with zero attached hydrogens (tertiary/aromatic N) is 1. The summed E-state index contributed by atoms with van der Waals surface area (Å²) < 4.78 is 39.1. The second-order valence-corrected chi connectivity index (χ2v) is 5.77. The van der Waals surface area contributed by atoms with E-state index >= 15 is 0 Å². The number of alkyl halides is 3. The van der Waals surface area contributed by atoms with Crippen LogP contribution in [0.2, 0.25) is 5.02 Å². The topological polar surface area (TPSA) is 23.8 Å². The molecule has 0 bridgehead atoms. The molecule has 0 unspecified atom stereocenters. The van der Waals surface area contributed by atoms with E-state index in [1.807, 2.05) is 0 Å². The summed E-state index contributed by atoms with van der Waals surface area (Å²) in [7, 11) is 0. The molecule has 2 aromatic rings. The van der Waals surface area contributed by atoms with Gasteiger partial charge in [0.05, 0.1) is 11.6 Å². The quantitative estimate of drug-likeness (QED) is 0.617. The minimum absolute atomic E-state index is 0.115. The van der Waals surface area contributed by atoms with E-state index in [9.17, 15) is 18.4 Å². The molecule has 5 heteroatoms. The Hall–Kier alpha value is -2.25. The summed E-state index contributed by atoms with van der Waals surface area (Å²) in [6.45, 7) is 3.18. The fraction of sp³-hybridized carbons (Fsp3) is 0.211. The summed E-state index contributed by atoms with van der Waals surface area (Å²) in [5.74, 6) is 0. The maximum Gasteiger partial charge on any atom is 0.412 e. The van der Waals surface area contributed by atoms with Crippen molar-refractivity contribution in [3.05, 3.63) is 63.7 Å². The van der Waals surface area contributed by atoms with E-state index in [1.165, 1.54) is 6.92 Å². The van der Waals surface area contributed by atoms with Gasteiger partial charge in [0.15, 0.2) is 0 Å². The lowest BCUT2D eigenvalue weighted by Gasteiger charge is -2.13. The smallest absolute Gasteiger partial charge is 0.192 e. The molecule has 0 aliphatic rings. The third-order valence-electron chi connectivity index (χ3n) is 3.77. The van der Waals surface area contributed by atoms with E-state index in [1.54, 1.807) is 43.3 Å². The molecule has 2 aromatic carbocycles. The van der Waals surface area contributed by atoms with Crippen LogP contribution in [0, 0.1) is 18.3 Å². The SMILES string of the molecule is CC/C(=C\c1cc(-c2ccccc2C#N)c(Cl)cc1C)C(F)(F)F. The Morgan fingerprint density at radius 2 is 1.88 bits per heavy atom. The van der Waals surface area contributed by atoms with Gasteiger partial charge in [0.1, 0.15) is 0 Å². The van der Waals surface area contributed by atoms with Crippen LogP contribution in [-0.4, -0.2) is 6.18 Å². The van der Waals surface area contributed by atoms with E-state index in [4.69, 9.17) is 11.6 Å². The number of hydrogen-bond acceptors (Lipinski definition) is 1. The molecule has 0 saturated carbocycles. The molecule has 0 saturated heterocycles. The second-order valence-electron chi connectivity index (χ2n) is 5.37. The third-order valence-corrected chi connectivity index (χ3v) is 4.08. The number of nitriles is 1. The molecule has 0 spiro atoms. The number of aryl methyl sites for hydroxylation is 1. The Balaban J connectivity index is 2.66. The van der Waals surface area contributed by atoms with Gasteiger partial charge in [0, 0.05) is 21.7 Å². The Morgan fingerprint density at radius 1 is 1.21 bits per heavy atom. The van der Waals surface area contributed by atoms with Crippen molar-refractivity contribution in [1.82, 2.24) is 0 Å². The standard InChI is InChI=1S/C19H15ClF3N/c1-3-15(19(21,22)23)9-14-10-17(18(20)8-12(14)2)16-7-5-4-6-13(16)11-24/h4-10H,3H2,1-2H3/b15-9+. The number of rotatable bonds is 3. The molecule has 0 fully saturated rings. The monoisotopic (exact) mass is 349 g/mol. The van der Waals surface area contributed by atoms with Crippen molar-refractivity contribution in [2.24, 2.45) is 0 Å². The van der Waals surface area contributed by atoms with Crippen LogP contribution in [0.5, 0.6) is 0 Å². The van der Waals surface area contributed by atoms with Gasteiger partial charge in [-0.3, -0.25) is 0 Å². The molecular weight excluding hydrogens is 335 g/mol. The highest BCUT2D eigenvalue weighted by atomic mass is 35.5. The van der Waals surface area contributed by atoms with Gasteiger partial charge in [-0.05, 0) is 48.7 Å². The van der Waals surface area contributed by atoms with Gasteiger partial charge < -0.3 is 0 Å². The zero-order valence-electron chi connectivity index (χ0n) is 13.2. The first-order valence-electron chi connectivity index (χ1n) is 7.35. The lowest BCUT2D eigenvalue weighted by Crippen LogP contribution is -2.11. The van der Waals surface area contributed by atoms with E-state index in [0.29, 0.717) is 32.8 Å². The van der Waals surface area contributed by atoms with Crippen LogP contribution >= 0.6 is 11.6 Å². The predicted molar refractivity (Wildman–Crippen MR) is 90.7 cm³/mol. The Kier molecular flexibility index (Phi) is 5.36. The molecule has 0 aliphatic carbocycles. The molecule has 0 amide bonds. The van der Waals surface area contributed by atoms with E-state index in [-0.39, 0.29) is 6.42 Å². The first kappa shape index (κ1) is 18.1. The zero-order chi connectivity index (χ0) is 17.9. The Bertz CT molecular complexity index is 829.